The molecule has 0 spiro atoms. The first-order valence-electron chi connectivity index (χ1n) is 8.01. The van der Waals surface area contributed by atoms with Crippen LogP contribution in [-0.2, 0) is 22.4 Å². The maximum absolute atomic E-state index is 12.1. The lowest BCUT2D eigenvalue weighted by atomic mass is 10.0. The van der Waals surface area contributed by atoms with Crippen molar-refractivity contribution in [3.8, 4) is 0 Å². The van der Waals surface area contributed by atoms with E-state index in [-0.39, 0.29) is 6.54 Å². The first kappa shape index (κ1) is 17.5. The molecule has 2 aromatic rings. The second-order valence-electron chi connectivity index (χ2n) is 6.40. The average molecular weight is 359 g/mol. The molecule has 0 fully saturated rings. The third kappa shape index (κ3) is 3.83. The summed E-state index contributed by atoms with van der Waals surface area (Å²) in [6.45, 7) is 1.77. The van der Waals surface area contributed by atoms with Gasteiger partial charge in [0.1, 0.15) is 0 Å². The van der Waals surface area contributed by atoms with Crippen LogP contribution in [0, 0.1) is 6.92 Å². The lowest BCUT2D eigenvalue weighted by Gasteiger charge is -2.22. The Labute approximate surface area is 151 Å². The van der Waals surface area contributed by atoms with Crippen LogP contribution in [0.15, 0.2) is 42.5 Å². The number of halogens is 1. The molecule has 0 radical (unpaired) electrons. The average Bonchev–Trinajstić information content (AvgIpc) is 2.93. The van der Waals surface area contributed by atoms with Crippen molar-refractivity contribution in [2.75, 3.05) is 11.9 Å². The van der Waals surface area contributed by atoms with Gasteiger partial charge < -0.3 is 15.7 Å². The van der Waals surface area contributed by atoms with E-state index in [1.807, 2.05) is 24.3 Å². The van der Waals surface area contributed by atoms with E-state index < -0.39 is 17.4 Å². The summed E-state index contributed by atoms with van der Waals surface area (Å²) in [5.41, 5.74) is 2.25. The fourth-order valence-corrected chi connectivity index (χ4v) is 3.22. The van der Waals surface area contributed by atoms with Crippen molar-refractivity contribution in [1.29, 1.82) is 0 Å². The number of anilines is 1. The Kier molecular flexibility index (Phi) is 4.79. The number of fused-ring (bicyclic) bond motifs is 1. The highest BCUT2D eigenvalue weighted by molar-refractivity contribution is 6.40. The van der Waals surface area contributed by atoms with Crippen LogP contribution in [-0.4, -0.2) is 29.1 Å². The third-order valence-electron chi connectivity index (χ3n) is 4.46. The standard InChI is InChI=1S/C19H19ClN2O3/c1-12-15(20)7-4-8-16(12)22-18(24)17(23)21-11-19(25)9-13-5-2-3-6-14(13)10-19/h2-8,25H,9-11H2,1H3,(H,21,23)(H,22,24). The SMILES string of the molecule is Cc1c(Cl)cccc1NC(=O)C(=O)NCC1(O)Cc2ccccc2C1. The van der Waals surface area contributed by atoms with Gasteiger partial charge in [-0.25, -0.2) is 0 Å². The second-order valence-corrected chi connectivity index (χ2v) is 6.80. The fourth-order valence-electron chi connectivity index (χ4n) is 3.05. The highest BCUT2D eigenvalue weighted by atomic mass is 35.5. The predicted molar refractivity (Wildman–Crippen MR) is 96.6 cm³/mol. The Hall–Kier alpha value is -2.37. The fraction of sp³-hybridized carbons (Fsp3) is 0.263. The Bertz CT molecular complexity index is 810. The summed E-state index contributed by atoms with van der Waals surface area (Å²) in [5.74, 6) is -1.58. The van der Waals surface area contributed by atoms with Gasteiger partial charge in [-0.15, -0.1) is 0 Å². The molecule has 2 aromatic carbocycles. The predicted octanol–water partition coefficient (Wildman–Crippen LogP) is 2.23. The van der Waals surface area contributed by atoms with Crippen molar-refractivity contribution in [2.45, 2.75) is 25.4 Å². The summed E-state index contributed by atoms with van der Waals surface area (Å²) < 4.78 is 0. The van der Waals surface area contributed by atoms with Gasteiger partial charge in [0.05, 0.1) is 5.60 Å². The zero-order chi connectivity index (χ0) is 18.0. The van der Waals surface area contributed by atoms with Crippen LogP contribution < -0.4 is 10.6 Å². The van der Waals surface area contributed by atoms with Gasteiger partial charge in [0, 0.05) is 30.1 Å². The van der Waals surface area contributed by atoms with Gasteiger partial charge in [0.2, 0.25) is 0 Å². The van der Waals surface area contributed by atoms with Gasteiger partial charge in [-0.2, -0.15) is 0 Å². The number of rotatable bonds is 3. The van der Waals surface area contributed by atoms with Crippen molar-refractivity contribution >= 4 is 29.1 Å². The molecular formula is C19H19ClN2O3. The van der Waals surface area contributed by atoms with Gasteiger partial charge in [-0.1, -0.05) is 41.9 Å². The molecule has 0 aliphatic heterocycles. The van der Waals surface area contributed by atoms with E-state index in [9.17, 15) is 14.7 Å². The van der Waals surface area contributed by atoms with Crippen LogP contribution in [0.4, 0.5) is 5.69 Å². The van der Waals surface area contributed by atoms with Crippen LogP contribution >= 0.6 is 11.6 Å². The minimum absolute atomic E-state index is 0.0163. The summed E-state index contributed by atoms with van der Waals surface area (Å²) in [4.78, 5) is 24.1. The number of benzene rings is 2. The minimum atomic E-state index is -1.06. The Morgan fingerprint density at radius 1 is 1.08 bits per heavy atom. The Morgan fingerprint density at radius 2 is 1.72 bits per heavy atom. The highest BCUT2D eigenvalue weighted by Gasteiger charge is 2.35. The Morgan fingerprint density at radius 3 is 2.36 bits per heavy atom. The van der Waals surface area contributed by atoms with Gasteiger partial charge in [0.25, 0.3) is 0 Å². The number of carbonyl (C=O) groups is 2. The van der Waals surface area contributed by atoms with Gasteiger partial charge in [-0.05, 0) is 35.7 Å². The first-order valence-corrected chi connectivity index (χ1v) is 8.39. The number of aliphatic hydroxyl groups is 1. The zero-order valence-electron chi connectivity index (χ0n) is 13.8. The van der Waals surface area contributed by atoms with Crippen LogP contribution in [0.3, 0.4) is 0 Å². The summed E-state index contributed by atoms with van der Waals surface area (Å²) in [7, 11) is 0. The van der Waals surface area contributed by atoms with E-state index in [0.29, 0.717) is 29.1 Å². The van der Waals surface area contributed by atoms with E-state index in [1.165, 1.54) is 0 Å². The monoisotopic (exact) mass is 358 g/mol. The minimum Gasteiger partial charge on any atom is -0.387 e. The number of amides is 2. The highest BCUT2D eigenvalue weighted by Crippen LogP contribution is 2.29. The normalized spacial score (nSPS) is 14.7. The molecule has 25 heavy (non-hydrogen) atoms. The van der Waals surface area contributed by atoms with Crippen LogP contribution in [0.2, 0.25) is 5.02 Å². The second kappa shape index (κ2) is 6.86. The molecule has 5 nitrogen and oxygen atoms in total. The molecule has 0 heterocycles. The number of nitrogens with one attached hydrogen (secondary N) is 2. The molecular weight excluding hydrogens is 340 g/mol. The largest absolute Gasteiger partial charge is 0.387 e. The van der Waals surface area contributed by atoms with Crippen molar-refractivity contribution in [3.63, 3.8) is 0 Å². The molecule has 0 saturated heterocycles. The molecule has 1 aliphatic rings. The first-order chi connectivity index (χ1) is 11.9. The Balaban J connectivity index is 1.58. The summed E-state index contributed by atoms with van der Waals surface area (Å²) >= 11 is 6.00. The molecule has 3 N–H and O–H groups in total. The molecule has 130 valence electrons. The topological polar surface area (TPSA) is 78.4 Å². The molecule has 0 bridgehead atoms. The number of carbonyl (C=O) groups excluding carboxylic acids is 2. The molecule has 0 saturated carbocycles. The van der Waals surface area contributed by atoms with E-state index in [1.54, 1.807) is 25.1 Å². The smallest absolute Gasteiger partial charge is 0.313 e. The van der Waals surface area contributed by atoms with E-state index in [4.69, 9.17) is 11.6 Å². The molecule has 0 aromatic heterocycles. The van der Waals surface area contributed by atoms with Crippen molar-refractivity contribution in [3.05, 3.63) is 64.2 Å². The number of hydrogen-bond acceptors (Lipinski definition) is 3. The third-order valence-corrected chi connectivity index (χ3v) is 4.87. The molecule has 0 unspecified atom stereocenters. The van der Waals surface area contributed by atoms with Crippen molar-refractivity contribution in [1.82, 2.24) is 5.32 Å². The summed E-state index contributed by atoms with van der Waals surface area (Å²) in [5, 5.41) is 16.2. The quantitative estimate of drug-likeness (QED) is 0.736. The lowest BCUT2D eigenvalue weighted by Crippen LogP contribution is -2.46. The zero-order valence-corrected chi connectivity index (χ0v) is 14.6. The molecule has 2 amide bonds. The maximum Gasteiger partial charge on any atom is 0.313 e. The van der Waals surface area contributed by atoms with Crippen LogP contribution in [0.1, 0.15) is 16.7 Å². The van der Waals surface area contributed by atoms with Gasteiger partial charge in [0.15, 0.2) is 0 Å². The molecule has 1 aliphatic carbocycles. The summed E-state index contributed by atoms with van der Waals surface area (Å²) in [6, 6.07) is 12.8. The maximum atomic E-state index is 12.1. The molecule has 6 heteroatoms. The van der Waals surface area contributed by atoms with Crippen LogP contribution in [0.25, 0.3) is 0 Å². The lowest BCUT2D eigenvalue weighted by molar-refractivity contribution is -0.136. The van der Waals surface area contributed by atoms with Gasteiger partial charge in [-0.3, -0.25) is 9.59 Å². The van der Waals surface area contributed by atoms with Crippen molar-refractivity contribution < 1.29 is 14.7 Å². The van der Waals surface area contributed by atoms with E-state index in [2.05, 4.69) is 10.6 Å². The number of hydrogen-bond donors (Lipinski definition) is 3. The van der Waals surface area contributed by atoms with Gasteiger partial charge >= 0.3 is 11.8 Å². The molecule has 3 rings (SSSR count). The van der Waals surface area contributed by atoms with Crippen LogP contribution in [0.5, 0.6) is 0 Å². The van der Waals surface area contributed by atoms with Crippen molar-refractivity contribution in [2.24, 2.45) is 0 Å². The summed E-state index contributed by atoms with van der Waals surface area (Å²) in [6.07, 6.45) is 0.914. The molecule has 0 atom stereocenters. The van der Waals surface area contributed by atoms with E-state index in [0.717, 1.165) is 11.1 Å². The van der Waals surface area contributed by atoms with E-state index >= 15 is 0 Å².